The van der Waals surface area contributed by atoms with Crippen molar-refractivity contribution in [2.24, 2.45) is 0 Å². The maximum Gasteiger partial charge on any atom is 0.331 e. The number of hydrogen-bond acceptors (Lipinski definition) is 3. The van der Waals surface area contributed by atoms with Gasteiger partial charge >= 0.3 is 5.97 Å². The van der Waals surface area contributed by atoms with E-state index in [4.69, 9.17) is 9.47 Å². The Morgan fingerprint density at radius 3 is 2.86 bits per heavy atom. The van der Waals surface area contributed by atoms with Crippen LogP contribution in [0.5, 0.6) is 0 Å². The fraction of sp³-hybridized carbons (Fsp3) is 0.471. The predicted molar refractivity (Wildman–Crippen MR) is 81.2 cm³/mol. The van der Waals surface area contributed by atoms with Crippen molar-refractivity contribution in [3.8, 4) is 0 Å². The molecule has 1 unspecified atom stereocenters. The van der Waals surface area contributed by atoms with Crippen LogP contribution in [0, 0.1) is 6.92 Å². The molecule has 0 amide bonds. The van der Waals surface area contributed by atoms with Crippen molar-refractivity contribution in [3.05, 3.63) is 40.5 Å². The summed E-state index contributed by atoms with van der Waals surface area (Å²) in [4.78, 5) is 11.2. The molecule has 1 aliphatic heterocycles. The fourth-order valence-electron chi connectivity index (χ4n) is 2.19. The van der Waals surface area contributed by atoms with Gasteiger partial charge in [-0.3, -0.25) is 0 Å². The first-order valence-corrected chi connectivity index (χ1v) is 7.29. The van der Waals surface area contributed by atoms with E-state index >= 15 is 0 Å². The van der Waals surface area contributed by atoms with Crippen LogP contribution in [0.1, 0.15) is 43.1 Å². The zero-order valence-electron chi connectivity index (χ0n) is 12.8. The summed E-state index contributed by atoms with van der Waals surface area (Å²) in [6, 6.07) is 6.00. The Morgan fingerprint density at radius 2 is 2.29 bits per heavy atom. The summed E-state index contributed by atoms with van der Waals surface area (Å²) in [7, 11) is 0. The average Bonchev–Trinajstić information content (AvgIpc) is 3.27. The maximum absolute atomic E-state index is 11.2. The molecule has 1 fully saturated rings. The number of ether oxygens (including phenoxy) is 2. The van der Waals surface area contributed by atoms with Crippen LogP contribution in [0.3, 0.4) is 0 Å². The van der Waals surface area contributed by atoms with E-state index in [-0.39, 0.29) is 12.2 Å². The topological polar surface area (TPSA) is 59.1 Å². The second-order valence-corrected chi connectivity index (χ2v) is 5.39. The molecule has 1 N–H and O–H groups in total. The Balaban J connectivity index is 2.25. The van der Waals surface area contributed by atoms with Gasteiger partial charge in [0.15, 0.2) is 0 Å². The fourth-order valence-corrected chi connectivity index (χ4v) is 2.19. The van der Waals surface area contributed by atoms with E-state index < -0.39 is 5.97 Å². The second kappa shape index (κ2) is 6.87. The summed E-state index contributed by atoms with van der Waals surface area (Å²) < 4.78 is 11.0. The van der Waals surface area contributed by atoms with Crippen molar-refractivity contribution in [1.82, 2.24) is 0 Å². The van der Waals surface area contributed by atoms with Gasteiger partial charge in [-0.1, -0.05) is 30.7 Å². The van der Waals surface area contributed by atoms with Gasteiger partial charge < -0.3 is 14.6 Å². The number of aryl methyl sites for hydroxylation is 1. The molecule has 0 radical (unpaired) electrons. The number of carboxylic acids is 1. The lowest BCUT2D eigenvalue weighted by Gasteiger charge is -2.16. The van der Waals surface area contributed by atoms with E-state index in [0.717, 1.165) is 23.3 Å². The molecule has 4 nitrogen and oxygen atoms in total. The third-order valence-electron chi connectivity index (χ3n) is 3.60. The largest absolute Gasteiger partial charge is 0.478 e. The highest BCUT2D eigenvalue weighted by Crippen LogP contribution is 2.26. The standard InChI is InChI=1S/C17H22O4/c1-4-13(17(18)19)8-14-6-5-11(2)7-16(14)12(3)20-9-15-10-21-15/h5-8,12,15H,4,9-10H2,1-3H3,(H,18,19)/t12-,15?/m1/s1. The van der Waals surface area contributed by atoms with Crippen LogP contribution in [0.4, 0.5) is 0 Å². The normalized spacial score (nSPS) is 19.4. The molecule has 1 heterocycles. The van der Waals surface area contributed by atoms with Crippen LogP contribution in [-0.4, -0.2) is 30.4 Å². The number of aliphatic carboxylic acids is 1. The SMILES string of the molecule is CCC(=Cc1ccc(C)cc1[C@@H](C)OCC1CO1)C(=O)O. The zero-order chi connectivity index (χ0) is 15.4. The first-order chi connectivity index (χ1) is 10.0. The van der Waals surface area contributed by atoms with Gasteiger partial charge in [0.2, 0.25) is 0 Å². The number of carboxylic acid groups (broad SMARTS) is 1. The monoisotopic (exact) mass is 290 g/mol. The van der Waals surface area contributed by atoms with Crippen molar-refractivity contribution in [3.63, 3.8) is 0 Å². The molecule has 2 atom stereocenters. The van der Waals surface area contributed by atoms with Gasteiger partial charge in [0.1, 0.15) is 6.10 Å². The summed E-state index contributed by atoms with van der Waals surface area (Å²) in [5.41, 5.74) is 3.46. The molecule has 2 rings (SSSR count). The van der Waals surface area contributed by atoms with Gasteiger partial charge in [-0.15, -0.1) is 0 Å². The zero-order valence-corrected chi connectivity index (χ0v) is 12.8. The van der Waals surface area contributed by atoms with E-state index in [1.54, 1.807) is 6.08 Å². The average molecular weight is 290 g/mol. The Kier molecular flexibility index (Phi) is 5.15. The predicted octanol–water partition coefficient (Wildman–Crippen LogP) is 3.35. The lowest BCUT2D eigenvalue weighted by molar-refractivity contribution is -0.132. The van der Waals surface area contributed by atoms with Gasteiger partial charge in [-0.2, -0.15) is 0 Å². The highest BCUT2D eigenvalue weighted by molar-refractivity contribution is 5.92. The number of rotatable bonds is 7. The van der Waals surface area contributed by atoms with Gasteiger partial charge in [-0.05, 0) is 37.5 Å². The molecular weight excluding hydrogens is 268 g/mol. The first-order valence-electron chi connectivity index (χ1n) is 7.29. The Morgan fingerprint density at radius 1 is 1.57 bits per heavy atom. The highest BCUT2D eigenvalue weighted by Gasteiger charge is 2.24. The smallest absolute Gasteiger partial charge is 0.331 e. The summed E-state index contributed by atoms with van der Waals surface area (Å²) in [5, 5.41) is 9.19. The van der Waals surface area contributed by atoms with Crippen LogP contribution >= 0.6 is 0 Å². The van der Waals surface area contributed by atoms with Gasteiger partial charge in [0.25, 0.3) is 0 Å². The van der Waals surface area contributed by atoms with E-state index in [0.29, 0.717) is 18.6 Å². The molecule has 0 bridgehead atoms. The molecule has 0 aliphatic carbocycles. The van der Waals surface area contributed by atoms with E-state index in [1.807, 2.05) is 32.9 Å². The lowest BCUT2D eigenvalue weighted by Crippen LogP contribution is -2.08. The number of carbonyl (C=O) groups is 1. The first kappa shape index (κ1) is 15.7. The summed E-state index contributed by atoms with van der Waals surface area (Å²) in [6.45, 7) is 7.20. The van der Waals surface area contributed by atoms with Crippen molar-refractivity contribution < 1.29 is 19.4 Å². The van der Waals surface area contributed by atoms with Crippen LogP contribution in [0.15, 0.2) is 23.8 Å². The van der Waals surface area contributed by atoms with Crippen molar-refractivity contribution in [1.29, 1.82) is 0 Å². The third kappa shape index (κ3) is 4.41. The lowest BCUT2D eigenvalue weighted by atomic mass is 9.98. The van der Waals surface area contributed by atoms with Crippen LogP contribution < -0.4 is 0 Å². The van der Waals surface area contributed by atoms with Crippen molar-refractivity contribution in [2.45, 2.75) is 39.4 Å². The Bertz CT molecular complexity index is 544. The summed E-state index contributed by atoms with van der Waals surface area (Å²) in [6.07, 6.45) is 2.37. The summed E-state index contributed by atoms with van der Waals surface area (Å²) >= 11 is 0. The molecule has 1 aromatic carbocycles. The van der Waals surface area contributed by atoms with E-state index in [2.05, 4.69) is 6.07 Å². The Hall–Kier alpha value is -1.65. The number of benzene rings is 1. The van der Waals surface area contributed by atoms with Crippen LogP contribution in [-0.2, 0) is 14.3 Å². The molecule has 0 spiro atoms. The molecule has 1 saturated heterocycles. The van der Waals surface area contributed by atoms with Gasteiger partial charge in [0, 0.05) is 5.57 Å². The molecule has 0 aromatic heterocycles. The number of epoxide rings is 1. The molecule has 0 saturated carbocycles. The minimum atomic E-state index is -0.871. The summed E-state index contributed by atoms with van der Waals surface area (Å²) in [5.74, 6) is -0.871. The third-order valence-corrected chi connectivity index (χ3v) is 3.60. The second-order valence-electron chi connectivity index (χ2n) is 5.39. The molecule has 4 heteroatoms. The van der Waals surface area contributed by atoms with Crippen LogP contribution in [0.2, 0.25) is 0 Å². The quantitative estimate of drug-likeness (QED) is 0.618. The minimum absolute atomic E-state index is 0.0905. The van der Waals surface area contributed by atoms with E-state index in [1.165, 1.54) is 0 Å². The molecule has 114 valence electrons. The number of hydrogen-bond donors (Lipinski definition) is 1. The van der Waals surface area contributed by atoms with Crippen molar-refractivity contribution >= 4 is 12.0 Å². The minimum Gasteiger partial charge on any atom is -0.478 e. The van der Waals surface area contributed by atoms with Crippen molar-refractivity contribution in [2.75, 3.05) is 13.2 Å². The Labute approximate surface area is 125 Å². The molecular formula is C17H22O4. The van der Waals surface area contributed by atoms with E-state index in [9.17, 15) is 9.90 Å². The highest BCUT2D eigenvalue weighted by atomic mass is 16.6. The molecule has 1 aromatic rings. The van der Waals surface area contributed by atoms with Gasteiger partial charge in [-0.25, -0.2) is 4.79 Å². The van der Waals surface area contributed by atoms with Gasteiger partial charge in [0.05, 0.1) is 19.3 Å². The molecule has 21 heavy (non-hydrogen) atoms. The van der Waals surface area contributed by atoms with Crippen LogP contribution in [0.25, 0.3) is 6.08 Å². The molecule has 1 aliphatic rings. The maximum atomic E-state index is 11.2.